The summed E-state index contributed by atoms with van der Waals surface area (Å²) in [6.45, 7) is 5.08. The molecule has 1 N–H and O–H groups in total. The van der Waals surface area contributed by atoms with Crippen LogP contribution in [-0.2, 0) is 15.8 Å². The van der Waals surface area contributed by atoms with Crippen LogP contribution in [0, 0.1) is 17.2 Å². The zero-order valence-electron chi connectivity index (χ0n) is 13.6. The number of ketones is 1. The minimum Gasteiger partial charge on any atom is -0.352 e. The maximum absolute atomic E-state index is 12.5. The van der Waals surface area contributed by atoms with Gasteiger partial charge in [0.05, 0.1) is 11.6 Å². The molecule has 0 saturated carbocycles. The predicted octanol–water partition coefficient (Wildman–Crippen LogP) is 3.43. The van der Waals surface area contributed by atoms with Crippen molar-refractivity contribution in [1.82, 2.24) is 5.32 Å². The molecule has 4 nitrogen and oxygen atoms in total. The Hall–Kier alpha value is -2.36. The van der Waals surface area contributed by atoms with Crippen LogP contribution < -0.4 is 5.32 Å². The van der Waals surface area contributed by atoms with Crippen molar-refractivity contribution in [3.8, 4) is 6.07 Å². The topological polar surface area (TPSA) is 70.0 Å². The van der Waals surface area contributed by atoms with Crippen molar-refractivity contribution in [2.75, 3.05) is 0 Å². The molecular formula is C17H19F3N2O2. The Kier molecular flexibility index (Phi) is 6.52. The van der Waals surface area contributed by atoms with E-state index in [1.54, 1.807) is 26.8 Å². The zero-order chi connectivity index (χ0) is 18.5. The van der Waals surface area contributed by atoms with Crippen LogP contribution in [0.25, 0.3) is 0 Å². The van der Waals surface area contributed by atoms with E-state index in [0.29, 0.717) is 5.56 Å². The van der Waals surface area contributed by atoms with E-state index in [4.69, 9.17) is 5.26 Å². The van der Waals surface area contributed by atoms with Crippen LogP contribution in [0.3, 0.4) is 0 Å². The van der Waals surface area contributed by atoms with Gasteiger partial charge in [-0.05, 0) is 37.5 Å². The van der Waals surface area contributed by atoms with Crippen LogP contribution in [0.2, 0.25) is 0 Å². The molecule has 0 unspecified atom stereocenters. The van der Waals surface area contributed by atoms with E-state index in [2.05, 4.69) is 5.32 Å². The zero-order valence-corrected chi connectivity index (χ0v) is 13.6. The van der Waals surface area contributed by atoms with E-state index < -0.39 is 35.3 Å². The number of carbonyl (C=O) groups excluding carboxylic acids is 2. The molecule has 1 aromatic rings. The summed E-state index contributed by atoms with van der Waals surface area (Å²) in [7, 11) is 0. The van der Waals surface area contributed by atoms with Crippen LogP contribution in [0.4, 0.5) is 13.2 Å². The number of halogens is 3. The average Bonchev–Trinajstić information content (AvgIpc) is 2.46. The number of amides is 1. The molecule has 0 aliphatic carbocycles. The first-order chi connectivity index (χ1) is 11.1. The lowest BCUT2D eigenvalue weighted by molar-refractivity contribution is -0.137. The number of hydrogen-bond donors (Lipinski definition) is 1. The van der Waals surface area contributed by atoms with Crippen molar-refractivity contribution in [1.29, 1.82) is 5.26 Å². The Morgan fingerprint density at radius 1 is 1.17 bits per heavy atom. The molecule has 0 aliphatic heterocycles. The Labute approximate surface area is 138 Å². The van der Waals surface area contributed by atoms with Crippen LogP contribution in [0.1, 0.15) is 44.2 Å². The molecule has 0 spiro atoms. The lowest BCUT2D eigenvalue weighted by Crippen LogP contribution is -2.38. The first kappa shape index (κ1) is 19.7. The number of rotatable bonds is 6. The molecule has 0 aliphatic rings. The van der Waals surface area contributed by atoms with Crippen molar-refractivity contribution in [2.24, 2.45) is 5.92 Å². The molecular weight excluding hydrogens is 321 g/mol. The summed E-state index contributed by atoms with van der Waals surface area (Å²) in [6.07, 6.45) is -4.52. The van der Waals surface area contributed by atoms with E-state index in [-0.39, 0.29) is 12.5 Å². The van der Waals surface area contributed by atoms with Crippen molar-refractivity contribution in [3.05, 3.63) is 35.4 Å². The van der Waals surface area contributed by atoms with Gasteiger partial charge in [0.25, 0.3) is 0 Å². The third-order valence-corrected chi connectivity index (χ3v) is 3.46. The molecule has 0 heterocycles. The van der Waals surface area contributed by atoms with Crippen LogP contribution in [0.15, 0.2) is 24.3 Å². The summed E-state index contributed by atoms with van der Waals surface area (Å²) in [5, 5.41) is 11.5. The van der Waals surface area contributed by atoms with Gasteiger partial charge in [0.2, 0.25) is 5.91 Å². The summed E-state index contributed by atoms with van der Waals surface area (Å²) in [4.78, 5) is 24.0. The van der Waals surface area contributed by atoms with Crippen molar-refractivity contribution in [2.45, 2.75) is 45.3 Å². The third-order valence-electron chi connectivity index (χ3n) is 3.46. The molecule has 0 saturated heterocycles. The molecule has 2 atom stereocenters. The molecule has 0 radical (unpaired) electrons. The number of nitriles is 1. The van der Waals surface area contributed by atoms with Gasteiger partial charge in [-0.1, -0.05) is 19.1 Å². The fraction of sp³-hybridized carbons (Fsp3) is 0.471. The van der Waals surface area contributed by atoms with Gasteiger partial charge >= 0.3 is 6.18 Å². The predicted molar refractivity (Wildman–Crippen MR) is 81.9 cm³/mol. The number of alkyl halides is 3. The normalized spacial score (nSPS) is 13.9. The lowest BCUT2D eigenvalue weighted by Gasteiger charge is -2.16. The highest BCUT2D eigenvalue weighted by Gasteiger charge is 2.31. The van der Waals surface area contributed by atoms with Gasteiger partial charge in [-0.15, -0.1) is 0 Å². The number of benzene rings is 1. The van der Waals surface area contributed by atoms with Gasteiger partial charge in [0.15, 0.2) is 11.7 Å². The van der Waals surface area contributed by atoms with Gasteiger partial charge in [-0.3, -0.25) is 9.59 Å². The van der Waals surface area contributed by atoms with Gasteiger partial charge in [0.1, 0.15) is 0 Å². The SMILES string of the molecule is CC(C)NC(=O)[C@H](C#N)C(=O)C[C@@H](C)c1ccc(C(F)(F)F)cc1. The monoisotopic (exact) mass is 340 g/mol. The summed E-state index contributed by atoms with van der Waals surface area (Å²) in [5.41, 5.74) is -0.228. The minimum absolute atomic E-state index is 0.102. The second-order valence-corrected chi connectivity index (χ2v) is 5.92. The summed E-state index contributed by atoms with van der Waals surface area (Å²) >= 11 is 0. The summed E-state index contributed by atoms with van der Waals surface area (Å²) in [5.74, 6) is -3.02. The highest BCUT2D eigenvalue weighted by molar-refractivity contribution is 6.04. The Morgan fingerprint density at radius 2 is 1.71 bits per heavy atom. The fourth-order valence-corrected chi connectivity index (χ4v) is 2.18. The quantitative estimate of drug-likeness (QED) is 0.807. The van der Waals surface area contributed by atoms with Gasteiger partial charge in [0, 0.05) is 12.5 Å². The molecule has 0 aromatic heterocycles. The van der Waals surface area contributed by atoms with Crippen LogP contribution >= 0.6 is 0 Å². The number of Topliss-reactive ketones (excluding diaryl/α,β-unsaturated/α-hetero) is 1. The molecule has 1 aromatic carbocycles. The largest absolute Gasteiger partial charge is 0.416 e. The van der Waals surface area contributed by atoms with E-state index in [0.717, 1.165) is 12.1 Å². The first-order valence-electron chi connectivity index (χ1n) is 7.46. The van der Waals surface area contributed by atoms with E-state index in [9.17, 15) is 22.8 Å². The highest BCUT2D eigenvalue weighted by atomic mass is 19.4. The standard InChI is InChI=1S/C17H19F3N2O2/c1-10(2)22-16(24)14(9-21)15(23)8-11(3)12-4-6-13(7-5-12)17(18,19)20/h4-7,10-11,14H,8H2,1-3H3,(H,22,24)/t11-,14-/m1/s1. The first-order valence-corrected chi connectivity index (χ1v) is 7.46. The number of nitrogens with zero attached hydrogens (tertiary/aromatic N) is 1. The second-order valence-electron chi connectivity index (χ2n) is 5.92. The van der Waals surface area contributed by atoms with Crippen molar-refractivity contribution in [3.63, 3.8) is 0 Å². The minimum atomic E-state index is -4.42. The van der Waals surface area contributed by atoms with Crippen LogP contribution in [0.5, 0.6) is 0 Å². The van der Waals surface area contributed by atoms with Crippen molar-refractivity contribution < 1.29 is 22.8 Å². The lowest BCUT2D eigenvalue weighted by atomic mass is 9.90. The molecule has 1 rings (SSSR count). The van der Waals surface area contributed by atoms with Crippen molar-refractivity contribution >= 4 is 11.7 Å². The van der Waals surface area contributed by atoms with E-state index >= 15 is 0 Å². The van der Waals surface area contributed by atoms with E-state index in [1.807, 2.05) is 0 Å². The fourth-order valence-electron chi connectivity index (χ4n) is 2.18. The molecule has 24 heavy (non-hydrogen) atoms. The Bertz CT molecular complexity index is 631. The highest BCUT2D eigenvalue weighted by Crippen LogP contribution is 2.30. The number of nitrogens with one attached hydrogen (secondary N) is 1. The summed E-state index contributed by atoms with van der Waals surface area (Å²) < 4.78 is 37.6. The maximum atomic E-state index is 12.5. The third kappa shape index (κ3) is 5.37. The average molecular weight is 340 g/mol. The van der Waals surface area contributed by atoms with Crippen LogP contribution in [-0.4, -0.2) is 17.7 Å². The molecule has 7 heteroatoms. The van der Waals surface area contributed by atoms with Gasteiger partial charge in [-0.2, -0.15) is 18.4 Å². The smallest absolute Gasteiger partial charge is 0.352 e. The summed E-state index contributed by atoms with van der Waals surface area (Å²) in [6, 6.07) is 5.98. The maximum Gasteiger partial charge on any atom is 0.416 e. The Balaban J connectivity index is 2.79. The van der Waals surface area contributed by atoms with E-state index in [1.165, 1.54) is 12.1 Å². The Morgan fingerprint density at radius 3 is 2.12 bits per heavy atom. The van der Waals surface area contributed by atoms with Gasteiger partial charge in [-0.25, -0.2) is 0 Å². The number of hydrogen-bond acceptors (Lipinski definition) is 3. The second kappa shape index (κ2) is 7.95. The molecule has 1 amide bonds. The molecule has 0 bridgehead atoms. The number of carbonyl (C=O) groups is 2. The molecule has 130 valence electrons. The molecule has 0 fully saturated rings. The van der Waals surface area contributed by atoms with Gasteiger partial charge < -0.3 is 5.32 Å².